The summed E-state index contributed by atoms with van der Waals surface area (Å²) in [5.41, 5.74) is 7.78. The fourth-order valence-electron chi connectivity index (χ4n) is 3.42. The second-order valence-corrected chi connectivity index (χ2v) is 9.20. The van der Waals surface area contributed by atoms with Gasteiger partial charge in [-0.25, -0.2) is 10.1 Å². The molecule has 0 fully saturated rings. The van der Waals surface area contributed by atoms with E-state index >= 15 is 0 Å². The van der Waals surface area contributed by atoms with Crippen LogP contribution >= 0.6 is 0 Å². The summed E-state index contributed by atoms with van der Waals surface area (Å²) in [6.45, 7) is 8.74. The van der Waals surface area contributed by atoms with Gasteiger partial charge in [0.05, 0.1) is 11.4 Å². The highest BCUT2D eigenvalue weighted by Gasteiger charge is 2.13. The molecule has 0 radical (unpaired) electrons. The number of ether oxygens (including phenoxy) is 1. The number of carbonyl (C=O) groups is 1. The first-order chi connectivity index (χ1) is 16.8. The van der Waals surface area contributed by atoms with Crippen LogP contribution in [0.4, 0.5) is 0 Å². The minimum absolute atomic E-state index is 0.0974. The fraction of sp³-hybridized carbons (Fsp3) is 0.222. The molecule has 1 amide bonds. The minimum Gasteiger partial charge on any atom is -0.489 e. The average molecular weight is 469 g/mol. The topological polar surface area (TPSA) is 94.3 Å². The van der Waals surface area contributed by atoms with Gasteiger partial charge < -0.3 is 4.74 Å². The summed E-state index contributed by atoms with van der Waals surface area (Å²) in [6, 6.07) is 23.0. The van der Waals surface area contributed by atoms with Crippen molar-refractivity contribution >= 4 is 11.6 Å². The third-order valence-electron chi connectivity index (χ3n) is 5.54. The monoisotopic (exact) mass is 468 g/mol. The average Bonchev–Trinajstić information content (AvgIpc) is 3.41. The fourth-order valence-corrected chi connectivity index (χ4v) is 3.42. The van der Waals surface area contributed by atoms with Crippen molar-refractivity contribution in [3.63, 3.8) is 0 Å². The summed E-state index contributed by atoms with van der Waals surface area (Å²) < 4.78 is 7.48. The maximum atomic E-state index is 12.7. The Morgan fingerprint density at radius 1 is 1.00 bits per heavy atom. The second-order valence-electron chi connectivity index (χ2n) is 9.20. The summed E-state index contributed by atoms with van der Waals surface area (Å²) in [5.74, 6) is 0.505. The first kappa shape index (κ1) is 23.8. The Morgan fingerprint density at radius 2 is 1.74 bits per heavy atom. The molecule has 0 aliphatic carbocycles. The van der Waals surface area contributed by atoms with Gasteiger partial charge in [-0.2, -0.15) is 5.10 Å². The van der Waals surface area contributed by atoms with Gasteiger partial charge in [-0.1, -0.05) is 57.2 Å². The number of hydrogen-bond donors (Lipinski definition) is 1. The third kappa shape index (κ3) is 6.17. The molecule has 0 unspecified atom stereocenters. The van der Waals surface area contributed by atoms with Crippen LogP contribution in [-0.2, 0) is 12.0 Å². The van der Waals surface area contributed by atoms with E-state index in [2.05, 4.69) is 59.0 Å². The number of nitrogens with zero attached hydrogens (tertiary/aromatic N) is 5. The molecule has 8 nitrogen and oxygen atoms in total. The summed E-state index contributed by atoms with van der Waals surface area (Å²) >= 11 is 0. The highest BCUT2D eigenvalue weighted by Crippen LogP contribution is 2.24. The number of rotatable bonds is 7. The SMILES string of the molecule is C/C(=N\NC(=O)c1cccc(COc2ccc(C(C)(C)C)cc2)c1)c1ccc(-n2cnnn2)cc1. The van der Waals surface area contributed by atoms with Gasteiger partial charge in [-0.05, 0) is 75.9 Å². The van der Waals surface area contributed by atoms with Crippen LogP contribution in [0.5, 0.6) is 5.75 Å². The number of hydrogen-bond acceptors (Lipinski definition) is 6. The zero-order valence-electron chi connectivity index (χ0n) is 20.3. The molecule has 35 heavy (non-hydrogen) atoms. The van der Waals surface area contributed by atoms with Gasteiger partial charge in [-0.15, -0.1) is 5.10 Å². The Bertz CT molecular complexity index is 1310. The van der Waals surface area contributed by atoms with Crippen LogP contribution in [0.3, 0.4) is 0 Å². The zero-order valence-corrected chi connectivity index (χ0v) is 20.3. The maximum Gasteiger partial charge on any atom is 0.271 e. The highest BCUT2D eigenvalue weighted by molar-refractivity contribution is 6.01. The molecule has 178 valence electrons. The number of aromatic nitrogens is 4. The molecule has 8 heteroatoms. The van der Waals surface area contributed by atoms with Gasteiger partial charge in [0.2, 0.25) is 0 Å². The van der Waals surface area contributed by atoms with Crippen LogP contribution in [0.25, 0.3) is 5.69 Å². The molecule has 1 heterocycles. The van der Waals surface area contributed by atoms with Gasteiger partial charge in [0.15, 0.2) is 0 Å². The molecule has 3 aromatic carbocycles. The van der Waals surface area contributed by atoms with Gasteiger partial charge in [-0.3, -0.25) is 4.79 Å². The Kier molecular flexibility index (Phi) is 7.01. The predicted octanol–water partition coefficient (Wildman–Crippen LogP) is 4.69. The lowest BCUT2D eigenvalue weighted by Crippen LogP contribution is -2.19. The number of carbonyl (C=O) groups excluding carboxylic acids is 1. The molecule has 0 bridgehead atoms. The van der Waals surface area contributed by atoms with Crippen LogP contribution < -0.4 is 10.2 Å². The molecule has 0 saturated carbocycles. The van der Waals surface area contributed by atoms with Gasteiger partial charge >= 0.3 is 0 Å². The largest absolute Gasteiger partial charge is 0.489 e. The molecule has 0 aliphatic rings. The quantitative estimate of drug-likeness (QED) is 0.314. The Balaban J connectivity index is 1.35. The normalized spacial score (nSPS) is 11.8. The minimum atomic E-state index is -0.286. The lowest BCUT2D eigenvalue weighted by Gasteiger charge is -2.19. The van der Waals surface area contributed by atoms with Crippen molar-refractivity contribution in [2.45, 2.75) is 39.7 Å². The summed E-state index contributed by atoms with van der Waals surface area (Å²) in [7, 11) is 0. The second kappa shape index (κ2) is 10.3. The number of nitrogens with one attached hydrogen (secondary N) is 1. The van der Waals surface area contributed by atoms with Crippen molar-refractivity contribution in [2.75, 3.05) is 0 Å². The number of hydrazone groups is 1. The number of benzene rings is 3. The van der Waals surface area contributed by atoms with Crippen LogP contribution in [-0.4, -0.2) is 31.8 Å². The smallest absolute Gasteiger partial charge is 0.271 e. The summed E-state index contributed by atoms with van der Waals surface area (Å²) in [4.78, 5) is 12.7. The van der Waals surface area contributed by atoms with E-state index in [0.29, 0.717) is 17.9 Å². The summed E-state index contributed by atoms with van der Waals surface area (Å²) in [6.07, 6.45) is 1.53. The van der Waals surface area contributed by atoms with E-state index in [4.69, 9.17) is 4.74 Å². The van der Waals surface area contributed by atoms with E-state index in [1.807, 2.05) is 61.5 Å². The molecule has 1 N–H and O–H groups in total. The van der Waals surface area contributed by atoms with Crippen molar-refractivity contribution in [1.29, 1.82) is 0 Å². The molecule has 0 aliphatic heterocycles. The van der Waals surface area contributed by atoms with Crippen molar-refractivity contribution in [3.8, 4) is 11.4 Å². The predicted molar refractivity (Wildman–Crippen MR) is 135 cm³/mol. The first-order valence-corrected chi connectivity index (χ1v) is 11.3. The first-order valence-electron chi connectivity index (χ1n) is 11.3. The molecule has 4 rings (SSSR count). The molecule has 0 saturated heterocycles. The van der Waals surface area contributed by atoms with Crippen LogP contribution in [0.2, 0.25) is 0 Å². The van der Waals surface area contributed by atoms with Gasteiger partial charge in [0, 0.05) is 5.56 Å². The van der Waals surface area contributed by atoms with Crippen LogP contribution in [0.1, 0.15) is 54.7 Å². The van der Waals surface area contributed by atoms with E-state index < -0.39 is 0 Å². The molecule has 0 spiro atoms. The maximum absolute atomic E-state index is 12.7. The summed E-state index contributed by atoms with van der Waals surface area (Å²) in [5, 5.41) is 15.4. The van der Waals surface area contributed by atoms with Crippen molar-refractivity contribution < 1.29 is 9.53 Å². The van der Waals surface area contributed by atoms with E-state index in [1.165, 1.54) is 11.9 Å². The standard InChI is InChI=1S/C27H28N6O2/c1-19(21-8-12-24(13-9-21)33-18-28-31-32-33)29-30-26(34)22-7-5-6-20(16-22)17-35-25-14-10-23(11-15-25)27(2,3)4/h5-16,18H,17H2,1-4H3,(H,30,34)/b29-19+. The Hall–Kier alpha value is -4.33. The van der Waals surface area contributed by atoms with E-state index in [0.717, 1.165) is 22.6 Å². The van der Waals surface area contributed by atoms with Crippen LogP contribution in [0.15, 0.2) is 84.2 Å². The lowest BCUT2D eigenvalue weighted by molar-refractivity contribution is 0.0954. The van der Waals surface area contributed by atoms with Crippen molar-refractivity contribution in [1.82, 2.24) is 25.6 Å². The highest BCUT2D eigenvalue weighted by atomic mass is 16.5. The molecule has 0 atom stereocenters. The molecular formula is C27H28N6O2. The Morgan fingerprint density at radius 3 is 2.40 bits per heavy atom. The van der Waals surface area contributed by atoms with Crippen molar-refractivity contribution in [3.05, 3.63) is 101 Å². The van der Waals surface area contributed by atoms with Gasteiger partial charge in [0.25, 0.3) is 5.91 Å². The third-order valence-corrected chi connectivity index (χ3v) is 5.54. The van der Waals surface area contributed by atoms with Crippen molar-refractivity contribution in [2.24, 2.45) is 5.10 Å². The number of tetrazole rings is 1. The van der Waals surface area contributed by atoms with Gasteiger partial charge in [0.1, 0.15) is 18.7 Å². The Labute approximate surface area is 204 Å². The molecule has 1 aromatic heterocycles. The lowest BCUT2D eigenvalue weighted by atomic mass is 9.87. The zero-order chi connectivity index (χ0) is 24.8. The van der Waals surface area contributed by atoms with E-state index in [1.54, 1.807) is 10.7 Å². The number of amides is 1. The van der Waals surface area contributed by atoms with E-state index in [-0.39, 0.29) is 11.3 Å². The molecule has 4 aromatic rings. The van der Waals surface area contributed by atoms with Crippen LogP contribution in [0, 0.1) is 0 Å². The molecular weight excluding hydrogens is 440 g/mol. The van der Waals surface area contributed by atoms with E-state index in [9.17, 15) is 4.79 Å².